The number of hydrogen-bond acceptors (Lipinski definition) is 3. The van der Waals surface area contributed by atoms with Crippen molar-refractivity contribution in [3.05, 3.63) is 0 Å². The number of nitrogens with two attached hydrogens (primary N) is 1. The van der Waals surface area contributed by atoms with Crippen LogP contribution in [0, 0.1) is 5.92 Å². The van der Waals surface area contributed by atoms with Gasteiger partial charge in [0.1, 0.15) is 0 Å². The van der Waals surface area contributed by atoms with Crippen molar-refractivity contribution in [3.8, 4) is 0 Å². The molecule has 4 N–H and O–H groups in total. The second-order valence-electron chi connectivity index (χ2n) is 3.61. The van der Waals surface area contributed by atoms with E-state index in [0.717, 1.165) is 6.54 Å². The Hall–Kier alpha value is -1.10. The molecule has 1 aliphatic heterocycles. The first-order chi connectivity index (χ1) is 6.63. The van der Waals surface area contributed by atoms with Crippen LogP contribution in [0.1, 0.15) is 19.8 Å². The van der Waals surface area contributed by atoms with Gasteiger partial charge in [-0.25, -0.2) is 0 Å². The minimum atomic E-state index is -0.298. The lowest BCUT2D eigenvalue weighted by molar-refractivity contribution is -0.125. The highest BCUT2D eigenvalue weighted by molar-refractivity contribution is 5.78. The molecule has 2 atom stereocenters. The summed E-state index contributed by atoms with van der Waals surface area (Å²) in [5, 5.41) is 5.92. The molecule has 1 heterocycles. The van der Waals surface area contributed by atoms with Gasteiger partial charge >= 0.3 is 0 Å². The van der Waals surface area contributed by atoms with Crippen LogP contribution in [0.4, 0.5) is 0 Å². The van der Waals surface area contributed by atoms with Crippen molar-refractivity contribution in [1.82, 2.24) is 10.6 Å². The average Bonchev–Trinajstić information content (AvgIpc) is 2.18. The maximum absolute atomic E-state index is 11.1. The highest BCUT2D eigenvalue weighted by Gasteiger charge is 2.25. The summed E-state index contributed by atoms with van der Waals surface area (Å²) >= 11 is 0. The number of hydrogen-bond donors (Lipinski definition) is 3. The minimum absolute atomic E-state index is 0.0157. The topological polar surface area (TPSA) is 84.2 Å². The van der Waals surface area contributed by atoms with Crippen molar-refractivity contribution in [3.63, 3.8) is 0 Å². The third kappa shape index (κ3) is 2.99. The summed E-state index contributed by atoms with van der Waals surface area (Å²) in [5.41, 5.74) is 5.20. The SMILES string of the molecule is CCC(=O)NC1CNCC(C(N)=O)C1. The van der Waals surface area contributed by atoms with Gasteiger partial charge in [-0.3, -0.25) is 9.59 Å². The Kier molecular flexibility index (Phi) is 3.88. The number of nitrogens with one attached hydrogen (secondary N) is 2. The van der Waals surface area contributed by atoms with Crippen LogP contribution < -0.4 is 16.4 Å². The van der Waals surface area contributed by atoms with Crippen LogP contribution in [0.3, 0.4) is 0 Å². The van der Waals surface area contributed by atoms with E-state index in [9.17, 15) is 9.59 Å². The van der Waals surface area contributed by atoms with Crippen molar-refractivity contribution in [2.45, 2.75) is 25.8 Å². The van der Waals surface area contributed by atoms with E-state index in [0.29, 0.717) is 19.4 Å². The van der Waals surface area contributed by atoms with Crippen LogP contribution in [0.15, 0.2) is 0 Å². The monoisotopic (exact) mass is 199 g/mol. The van der Waals surface area contributed by atoms with E-state index in [1.54, 1.807) is 6.92 Å². The molecule has 1 saturated heterocycles. The maximum atomic E-state index is 11.1. The Morgan fingerprint density at radius 3 is 2.79 bits per heavy atom. The Morgan fingerprint density at radius 2 is 2.21 bits per heavy atom. The first-order valence-electron chi connectivity index (χ1n) is 4.93. The number of primary amides is 1. The van der Waals surface area contributed by atoms with E-state index >= 15 is 0 Å². The predicted molar refractivity (Wildman–Crippen MR) is 52.4 cm³/mol. The van der Waals surface area contributed by atoms with Gasteiger partial charge in [-0.2, -0.15) is 0 Å². The lowest BCUT2D eigenvalue weighted by Crippen LogP contribution is -2.51. The maximum Gasteiger partial charge on any atom is 0.221 e. The quantitative estimate of drug-likeness (QED) is 0.543. The highest BCUT2D eigenvalue weighted by atomic mass is 16.2. The van der Waals surface area contributed by atoms with Crippen molar-refractivity contribution in [2.24, 2.45) is 11.7 Å². The molecule has 1 fully saturated rings. The van der Waals surface area contributed by atoms with Crippen LogP contribution in [0.2, 0.25) is 0 Å². The minimum Gasteiger partial charge on any atom is -0.369 e. The van der Waals surface area contributed by atoms with Gasteiger partial charge in [0.15, 0.2) is 0 Å². The summed E-state index contributed by atoms with van der Waals surface area (Å²) < 4.78 is 0. The van der Waals surface area contributed by atoms with E-state index in [2.05, 4.69) is 10.6 Å². The molecule has 0 aromatic rings. The van der Waals surface area contributed by atoms with E-state index in [4.69, 9.17) is 5.73 Å². The van der Waals surface area contributed by atoms with E-state index in [1.807, 2.05) is 0 Å². The Morgan fingerprint density at radius 1 is 1.50 bits per heavy atom. The summed E-state index contributed by atoms with van der Waals surface area (Å²) in [4.78, 5) is 22.0. The summed E-state index contributed by atoms with van der Waals surface area (Å²) in [6, 6.07) is 0.0358. The van der Waals surface area contributed by atoms with Crippen molar-refractivity contribution in [1.29, 1.82) is 0 Å². The molecule has 1 rings (SSSR count). The van der Waals surface area contributed by atoms with E-state index in [1.165, 1.54) is 0 Å². The van der Waals surface area contributed by atoms with Crippen molar-refractivity contribution < 1.29 is 9.59 Å². The van der Waals surface area contributed by atoms with Crippen LogP contribution in [0.25, 0.3) is 0 Å². The molecule has 2 unspecified atom stereocenters. The fourth-order valence-corrected chi connectivity index (χ4v) is 1.60. The summed E-state index contributed by atoms with van der Waals surface area (Å²) in [7, 11) is 0. The van der Waals surface area contributed by atoms with E-state index in [-0.39, 0.29) is 23.8 Å². The van der Waals surface area contributed by atoms with Crippen molar-refractivity contribution in [2.75, 3.05) is 13.1 Å². The second kappa shape index (κ2) is 4.95. The molecule has 0 spiro atoms. The Labute approximate surface area is 83.4 Å². The molecule has 0 aliphatic carbocycles. The molecule has 1 aliphatic rings. The molecule has 0 radical (unpaired) electrons. The predicted octanol–water partition coefficient (Wildman–Crippen LogP) is -1.02. The first-order valence-corrected chi connectivity index (χ1v) is 4.93. The molecule has 80 valence electrons. The molecule has 2 amide bonds. The van der Waals surface area contributed by atoms with Crippen molar-refractivity contribution >= 4 is 11.8 Å². The molecule has 5 nitrogen and oxygen atoms in total. The first kappa shape index (κ1) is 11.0. The number of rotatable bonds is 3. The lowest BCUT2D eigenvalue weighted by atomic mass is 9.95. The average molecular weight is 199 g/mol. The molecule has 0 bridgehead atoms. The largest absolute Gasteiger partial charge is 0.369 e. The zero-order chi connectivity index (χ0) is 10.6. The van der Waals surface area contributed by atoms with Gasteiger partial charge in [0.05, 0.1) is 5.92 Å². The van der Waals surface area contributed by atoms with Crippen LogP contribution in [-0.2, 0) is 9.59 Å². The van der Waals surface area contributed by atoms with Crippen LogP contribution in [-0.4, -0.2) is 30.9 Å². The van der Waals surface area contributed by atoms with E-state index < -0.39 is 0 Å². The smallest absolute Gasteiger partial charge is 0.221 e. The van der Waals surface area contributed by atoms with Gasteiger partial charge in [0.25, 0.3) is 0 Å². The molecule has 0 aromatic heterocycles. The molecule has 0 saturated carbocycles. The van der Waals surface area contributed by atoms with Gasteiger partial charge in [0.2, 0.25) is 11.8 Å². The van der Waals surface area contributed by atoms with Gasteiger partial charge in [-0.05, 0) is 6.42 Å². The molecule has 5 heteroatoms. The Bertz CT molecular complexity index is 230. The van der Waals surface area contributed by atoms with Gasteiger partial charge < -0.3 is 16.4 Å². The third-order valence-electron chi connectivity index (χ3n) is 2.44. The standard InChI is InChI=1S/C9H17N3O2/c1-2-8(13)12-7-3-6(9(10)14)4-11-5-7/h6-7,11H,2-5H2,1H3,(H2,10,14)(H,12,13). The Balaban J connectivity index is 2.40. The molecular formula is C9H17N3O2. The fraction of sp³-hybridized carbons (Fsp3) is 0.778. The zero-order valence-electron chi connectivity index (χ0n) is 8.38. The molecular weight excluding hydrogens is 182 g/mol. The summed E-state index contributed by atoms with van der Waals surface area (Å²) in [6.45, 7) is 3.14. The van der Waals surface area contributed by atoms with Gasteiger partial charge in [0, 0.05) is 25.6 Å². The lowest BCUT2D eigenvalue weighted by Gasteiger charge is -2.28. The number of carbonyl (C=O) groups is 2. The third-order valence-corrected chi connectivity index (χ3v) is 2.44. The highest BCUT2D eigenvalue weighted by Crippen LogP contribution is 2.09. The van der Waals surface area contributed by atoms with Gasteiger partial charge in [-0.15, -0.1) is 0 Å². The zero-order valence-corrected chi connectivity index (χ0v) is 8.38. The normalized spacial score (nSPS) is 26.9. The van der Waals surface area contributed by atoms with Gasteiger partial charge in [-0.1, -0.05) is 6.92 Å². The number of carbonyl (C=O) groups excluding carboxylic acids is 2. The fourth-order valence-electron chi connectivity index (χ4n) is 1.60. The summed E-state index contributed by atoms with van der Waals surface area (Å²) in [5.74, 6) is -0.444. The number of amides is 2. The number of piperidine rings is 1. The summed E-state index contributed by atoms with van der Waals surface area (Å²) in [6.07, 6.45) is 1.12. The molecule has 0 aromatic carbocycles. The second-order valence-corrected chi connectivity index (χ2v) is 3.61. The van der Waals surface area contributed by atoms with Crippen LogP contribution in [0.5, 0.6) is 0 Å². The molecule has 14 heavy (non-hydrogen) atoms. The van der Waals surface area contributed by atoms with Crippen LogP contribution >= 0.6 is 0 Å².